The van der Waals surface area contributed by atoms with Crippen molar-refractivity contribution in [2.75, 3.05) is 6.54 Å². The lowest BCUT2D eigenvalue weighted by molar-refractivity contribution is 0.0954. The van der Waals surface area contributed by atoms with Crippen molar-refractivity contribution in [2.45, 2.75) is 56.6 Å². The molecule has 5 heteroatoms. The normalized spacial score (nSPS) is 13.6. The van der Waals surface area contributed by atoms with Gasteiger partial charge in [0.2, 0.25) is 5.89 Å². The Labute approximate surface area is 194 Å². The Kier molecular flexibility index (Phi) is 7.48. The summed E-state index contributed by atoms with van der Waals surface area (Å²) in [5, 5.41) is 3.03. The molecule has 0 radical (unpaired) electrons. The van der Waals surface area contributed by atoms with Gasteiger partial charge in [-0.1, -0.05) is 29.3 Å². The zero-order chi connectivity index (χ0) is 22.3. The summed E-state index contributed by atoms with van der Waals surface area (Å²) in [7, 11) is 0. The van der Waals surface area contributed by atoms with Crippen molar-refractivity contribution in [1.82, 2.24) is 10.3 Å². The molecule has 0 bridgehead atoms. The van der Waals surface area contributed by atoms with E-state index in [2.05, 4.69) is 42.6 Å². The van der Waals surface area contributed by atoms with Crippen molar-refractivity contribution in [1.29, 1.82) is 0 Å². The standard InChI is InChI=1S/C27H30N2O2S/c1-19-8-14-24(15-9-19)32-18-25-20(2)31-27(29-25)23-12-10-22(11-13-23)26(30)28-17-16-21-6-4-3-5-7-21/h6,8-15H,3-5,7,16-18H2,1-2H3,(H,28,30). The van der Waals surface area contributed by atoms with Crippen LogP contribution in [0, 0.1) is 13.8 Å². The van der Waals surface area contributed by atoms with Crippen LogP contribution >= 0.6 is 11.8 Å². The molecule has 1 aliphatic carbocycles. The first-order valence-corrected chi connectivity index (χ1v) is 12.3. The SMILES string of the molecule is Cc1ccc(SCc2nc(-c3ccc(C(=O)NCCC4=CCCCC4)cc3)oc2C)cc1. The molecule has 2 aromatic carbocycles. The fraction of sp³-hybridized carbons (Fsp3) is 0.333. The molecule has 0 saturated carbocycles. The number of allylic oxidation sites excluding steroid dienone is 1. The fourth-order valence-corrected chi connectivity index (χ4v) is 4.71. The van der Waals surface area contributed by atoms with Crippen LogP contribution in [0.2, 0.25) is 0 Å². The van der Waals surface area contributed by atoms with Crippen LogP contribution in [-0.4, -0.2) is 17.4 Å². The van der Waals surface area contributed by atoms with Gasteiger partial charge in [0.1, 0.15) is 5.76 Å². The molecule has 0 spiro atoms. The van der Waals surface area contributed by atoms with E-state index in [1.807, 2.05) is 31.2 Å². The van der Waals surface area contributed by atoms with Crippen molar-refractivity contribution in [2.24, 2.45) is 0 Å². The van der Waals surface area contributed by atoms with Crippen LogP contribution in [0.4, 0.5) is 0 Å². The molecule has 1 aliphatic rings. The van der Waals surface area contributed by atoms with Gasteiger partial charge >= 0.3 is 0 Å². The third-order valence-corrected chi connectivity index (χ3v) is 6.82. The largest absolute Gasteiger partial charge is 0.441 e. The number of thioether (sulfide) groups is 1. The molecular weight excluding hydrogens is 416 g/mol. The summed E-state index contributed by atoms with van der Waals surface area (Å²) in [5.74, 6) is 2.15. The summed E-state index contributed by atoms with van der Waals surface area (Å²) >= 11 is 1.75. The molecule has 0 saturated heterocycles. The molecule has 0 atom stereocenters. The first kappa shape index (κ1) is 22.4. The molecule has 0 fully saturated rings. The number of hydrogen-bond donors (Lipinski definition) is 1. The van der Waals surface area contributed by atoms with Gasteiger partial charge in [-0.25, -0.2) is 4.98 Å². The Morgan fingerprint density at radius 1 is 1.06 bits per heavy atom. The fourth-order valence-electron chi connectivity index (χ4n) is 3.81. The number of nitrogens with one attached hydrogen (secondary N) is 1. The van der Waals surface area contributed by atoms with E-state index in [1.165, 1.54) is 41.7 Å². The van der Waals surface area contributed by atoms with E-state index in [9.17, 15) is 4.79 Å². The molecule has 1 N–H and O–H groups in total. The number of carbonyl (C=O) groups excluding carboxylic acids is 1. The molecule has 0 unspecified atom stereocenters. The predicted molar refractivity (Wildman–Crippen MR) is 131 cm³/mol. The number of hydrogen-bond acceptors (Lipinski definition) is 4. The minimum Gasteiger partial charge on any atom is -0.441 e. The lowest BCUT2D eigenvalue weighted by atomic mass is 9.97. The monoisotopic (exact) mass is 446 g/mol. The number of rotatable bonds is 8. The van der Waals surface area contributed by atoms with Crippen LogP contribution in [0.1, 0.15) is 59.5 Å². The lowest BCUT2D eigenvalue weighted by Gasteiger charge is -2.13. The van der Waals surface area contributed by atoms with Gasteiger partial charge in [0, 0.05) is 28.3 Å². The van der Waals surface area contributed by atoms with E-state index in [4.69, 9.17) is 9.40 Å². The van der Waals surface area contributed by atoms with Crippen LogP contribution in [0.3, 0.4) is 0 Å². The van der Waals surface area contributed by atoms with Gasteiger partial charge < -0.3 is 9.73 Å². The number of amides is 1. The van der Waals surface area contributed by atoms with Gasteiger partial charge in [0.25, 0.3) is 5.91 Å². The summed E-state index contributed by atoms with van der Waals surface area (Å²) in [4.78, 5) is 18.4. The van der Waals surface area contributed by atoms with Crippen LogP contribution < -0.4 is 5.32 Å². The summed E-state index contributed by atoms with van der Waals surface area (Å²) in [6.07, 6.45) is 8.19. The van der Waals surface area contributed by atoms with Gasteiger partial charge in [0.15, 0.2) is 0 Å². The quantitative estimate of drug-likeness (QED) is 0.303. The number of benzene rings is 2. The van der Waals surface area contributed by atoms with E-state index in [0.717, 1.165) is 29.2 Å². The number of nitrogens with zero attached hydrogens (tertiary/aromatic N) is 1. The van der Waals surface area contributed by atoms with Crippen molar-refractivity contribution in [3.8, 4) is 11.5 Å². The summed E-state index contributed by atoms with van der Waals surface area (Å²) in [5.41, 5.74) is 5.22. The highest BCUT2D eigenvalue weighted by Crippen LogP contribution is 2.28. The number of oxazole rings is 1. The van der Waals surface area contributed by atoms with Crippen LogP contribution in [0.5, 0.6) is 0 Å². The van der Waals surface area contributed by atoms with E-state index in [0.29, 0.717) is 18.0 Å². The topological polar surface area (TPSA) is 55.1 Å². The maximum Gasteiger partial charge on any atom is 0.251 e. The van der Waals surface area contributed by atoms with Crippen molar-refractivity contribution < 1.29 is 9.21 Å². The second-order valence-corrected chi connectivity index (χ2v) is 9.36. The first-order valence-electron chi connectivity index (χ1n) is 11.3. The van der Waals surface area contributed by atoms with Gasteiger partial charge in [0.05, 0.1) is 5.69 Å². The Balaban J connectivity index is 1.33. The molecule has 4 nitrogen and oxygen atoms in total. The van der Waals surface area contributed by atoms with Gasteiger partial charge in [-0.05, 0) is 82.3 Å². The highest BCUT2D eigenvalue weighted by atomic mass is 32.2. The Hall–Kier alpha value is -2.79. The molecule has 3 aromatic rings. The maximum atomic E-state index is 12.5. The van der Waals surface area contributed by atoms with Crippen LogP contribution in [0.15, 0.2) is 69.5 Å². The smallest absolute Gasteiger partial charge is 0.251 e. The Bertz CT molecular complexity index is 1080. The second kappa shape index (κ2) is 10.7. The van der Waals surface area contributed by atoms with Crippen molar-refractivity contribution in [3.05, 3.63) is 82.8 Å². The molecule has 32 heavy (non-hydrogen) atoms. The third kappa shape index (κ3) is 5.92. The minimum atomic E-state index is -0.0354. The highest BCUT2D eigenvalue weighted by molar-refractivity contribution is 7.98. The van der Waals surface area contributed by atoms with Crippen LogP contribution in [0.25, 0.3) is 11.5 Å². The summed E-state index contributed by atoms with van der Waals surface area (Å²) in [6.45, 7) is 4.73. The highest BCUT2D eigenvalue weighted by Gasteiger charge is 2.13. The Morgan fingerprint density at radius 3 is 2.56 bits per heavy atom. The van der Waals surface area contributed by atoms with E-state index in [1.54, 1.807) is 11.8 Å². The van der Waals surface area contributed by atoms with Crippen molar-refractivity contribution in [3.63, 3.8) is 0 Å². The second-order valence-electron chi connectivity index (χ2n) is 8.32. The first-order chi connectivity index (χ1) is 15.6. The molecule has 1 amide bonds. The molecule has 1 heterocycles. The molecule has 4 rings (SSSR count). The molecule has 1 aromatic heterocycles. The zero-order valence-corrected chi connectivity index (χ0v) is 19.6. The molecular formula is C27H30N2O2S. The lowest BCUT2D eigenvalue weighted by Crippen LogP contribution is -2.24. The Morgan fingerprint density at radius 2 is 1.84 bits per heavy atom. The molecule has 0 aliphatic heterocycles. The summed E-state index contributed by atoms with van der Waals surface area (Å²) < 4.78 is 5.91. The number of aromatic nitrogens is 1. The van der Waals surface area contributed by atoms with Gasteiger partial charge in [-0.3, -0.25) is 4.79 Å². The number of carbonyl (C=O) groups is 1. The summed E-state index contributed by atoms with van der Waals surface area (Å²) in [6, 6.07) is 16.0. The van der Waals surface area contributed by atoms with E-state index < -0.39 is 0 Å². The van der Waals surface area contributed by atoms with Gasteiger partial charge in [-0.2, -0.15) is 0 Å². The average molecular weight is 447 g/mol. The number of aryl methyl sites for hydroxylation is 2. The van der Waals surface area contributed by atoms with Crippen molar-refractivity contribution >= 4 is 17.7 Å². The minimum absolute atomic E-state index is 0.0354. The van der Waals surface area contributed by atoms with Crippen LogP contribution in [-0.2, 0) is 5.75 Å². The van der Waals surface area contributed by atoms with E-state index >= 15 is 0 Å². The van der Waals surface area contributed by atoms with E-state index in [-0.39, 0.29) is 5.91 Å². The zero-order valence-electron chi connectivity index (χ0n) is 18.8. The predicted octanol–water partition coefficient (Wildman–Crippen LogP) is 6.87. The average Bonchev–Trinajstić information content (AvgIpc) is 3.20. The molecule has 166 valence electrons. The third-order valence-electron chi connectivity index (χ3n) is 5.80. The van der Waals surface area contributed by atoms with Gasteiger partial charge in [-0.15, -0.1) is 11.8 Å². The maximum absolute atomic E-state index is 12.5.